The highest BCUT2D eigenvalue weighted by molar-refractivity contribution is 5.19. The van der Waals surface area contributed by atoms with Crippen molar-refractivity contribution in [3.8, 4) is 0 Å². The first-order valence-electron chi connectivity index (χ1n) is 6.68. The van der Waals surface area contributed by atoms with Crippen LogP contribution in [0.1, 0.15) is 51.1 Å². The van der Waals surface area contributed by atoms with E-state index in [1.807, 2.05) is 12.1 Å². The van der Waals surface area contributed by atoms with E-state index in [0.717, 1.165) is 11.5 Å². The Bertz CT molecular complexity index is 340. The number of hydrogen-bond acceptors (Lipinski definition) is 1. The Hall–Kier alpha value is -0.890. The second-order valence-electron chi connectivity index (χ2n) is 5.27. The van der Waals surface area contributed by atoms with Crippen molar-refractivity contribution in [3.05, 3.63) is 35.6 Å². The Kier molecular flexibility index (Phi) is 4.16. The van der Waals surface area contributed by atoms with Crippen molar-refractivity contribution in [3.63, 3.8) is 0 Å². The number of halogens is 1. The lowest BCUT2D eigenvalue weighted by Gasteiger charge is -2.25. The largest absolute Gasteiger partial charge is 0.307 e. The Labute approximate surface area is 103 Å². The Balaban J connectivity index is 1.91. The lowest BCUT2D eigenvalue weighted by atomic mass is 9.98. The minimum absolute atomic E-state index is 0.162. The molecule has 1 aliphatic rings. The SMILES string of the molecule is CC(N[C@H](C)C1CCCC1)c1ccc(F)cc1. The highest BCUT2D eigenvalue weighted by atomic mass is 19.1. The van der Waals surface area contributed by atoms with Gasteiger partial charge in [0.25, 0.3) is 0 Å². The third kappa shape index (κ3) is 3.29. The summed E-state index contributed by atoms with van der Waals surface area (Å²) in [5, 5.41) is 3.64. The zero-order valence-electron chi connectivity index (χ0n) is 10.7. The summed E-state index contributed by atoms with van der Waals surface area (Å²) in [4.78, 5) is 0. The monoisotopic (exact) mass is 235 g/mol. The molecule has 2 heteroatoms. The van der Waals surface area contributed by atoms with Crippen LogP contribution in [0.2, 0.25) is 0 Å². The lowest BCUT2D eigenvalue weighted by molar-refractivity contribution is 0.352. The number of benzene rings is 1. The van der Waals surface area contributed by atoms with Crippen LogP contribution in [0.4, 0.5) is 4.39 Å². The molecule has 1 fully saturated rings. The Morgan fingerprint density at radius 2 is 1.71 bits per heavy atom. The lowest BCUT2D eigenvalue weighted by Crippen LogP contribution is -2.34. The van der Waals surface area contributed by atoms with Gasteiger partial charge in [-0.05, 0) is 50.3 Å². The molecule has 1 N–H and O–H groups in total. The molecule has 1 aromatic rings. The summed E-state index contributed by atoms with van der Waals surface area (Å²) in [6, 6.07) is 7.66. The van der Waals surface area contributed by atoms with Gasteiger partial charge in [-0.15, -0.1) is 0 Å². The van der Waals surface area contributed by atoms with Gasteiger partial charge < -0.3 is 5.32 Å². The molecule has 1 unspecified atom stereocenters. The first-order valence-corrected chi connectivity index (χ1v) is 6.68. The maximum absolute atomic E-state index is 12.8. The first-order chi connectivity index (χ1) is 8.16. The van der Waals surface area contributed by atoms with Crippen LogP contribution in [-0.4, -0.2) is 6.04 Å². The normalized spacial score (nSPS) is 20.4. The quantitative estimate of drug-likeness (QED) is 0.830. The molecule has 0 heterocycles. The van der Waals surface area contributed by atoms with Crippen molar-refractivity contribution < 1.29 is 4.39 Å². The summed E-state index contributed by atoms with van der Waals surface area (Å²) in [6.45, 7) is 4.43. The molecular weight excluding hydrogens is 213 g/mol. The molecule has 1 aromatic carbocycles. The average molecular weight is 235 g/mol. The standard InChI is InChI=1S/C15H22FN/c1-11(13-5-3-4-6-13)17-12(2)14-7-9-15(16)10-8-14/h7-13,17H,3-6H2,1-2H3/t11-,12?/m1/s1. The minimum atomic E-state index is -0.162. The molecule has 94 valence electrons. The molecule has 0 amide bonds. The second-order valence-corrected chi connectivity index (χ2v) is 5.27. The maximum Gasteiger partial charge on any atom is 0.123 e. The predicted octanol–water partition coefficient (Wildman–Crippen LogP) is 4.06. The molecule has 1 aliphatic carbocycles. The van der Waals surface area contributed by atoms with Gasteiger partial charge >= 0.3 is 0 Å². The van der Waals surface area contributed by atoms with E-state index in [2.05, 4.69) is 19.2 Å². The van der Waals surface area contributed by atoms with Crippen LogP contribution >= 0.6 is 0 Å². The summed E-state index contributed by atoms with van der Waals surface area (Å²) in [7, 11) is 0. The fourth-order valence-electron chi connectivity index (χ4n) is 2.84. The molecule has 2 atom stereocenters. The van der Waals surface area contributed by atoms with Gasteiger partial charge in [0.1, 0.15) is 5.82 Å². The van der Waals surface area contributed by atoms with Crippen molar-refractivity contribution >= 4 is 0 Å². The van der Waals surface area contributed by atoms with Gasteiger partial charge in [-0.25, -0.2) is 4.39 Å². The Morgan fingerprint density at radius 1 is 1.12 bits per heavy atom. The second kappa shape index (κ2) is 5.63. The van der Waals surface area contributed by atoms with Crippen molar-refractivity contribution in [2.24, 2.45) is 5.92 Å². The first kappa shape index (κ1) is 12.6. The predicted molar refractivity (Wildman–Crippen MR) is 69.4 cm³/mol. The van der Waals surface area contributed by atoms with Crippen LogP contribution < -0.4 is 5.32 Å². The molecule has 1 nitrogen and oxygen atoms in total. The number of hydrogen-bond donors (Lipinski definition) is 1. The Morgan fingerprint density at radius 3 is 2.29 bits per heavy atom. The molecule has 0 bridgehead atoms. The molecule has 2 rings (SSSR count). The summed E-state index contributed by atoms with van der Waals surface area (Å²) >= 11 is 0. The summed E-state index contributed by atoms with van der Waals surface area (Å²) < 4.78 is 12.8. The van der Waals surface area contributed by atoms with Gasteiger partial charge in [-0.3, -0.25) is 0 Å². The highest BCUT2D eigenvalue weighted by Gasteiger charge is 2.22. The number of rotatable bonds is 4. The topological polar surface area (TPSA) is 12.0 Å². The zero-order valence-corrected chi connectivity index (χ0v) is 10.7. The zero-order chi connectivity index (χ0) is 12.3. The smallest absolute Gasteiger partial charge is 0.123 e. The molecule has 0 saturated heterocycles. The van der Waals surface area contributed by atoms with E-state index in [1.54, 1.807) is 0 Å². The van der Waals surface area contributed by atoms with Gasteiger partial charge in [0.05, 0.1) is 0 Å². The molecule has 0 radical (unpaired) electrons. The fourth-order valence-corrected chi connectivity index (χ4v) is 2.84. The van der Waals surface area contributed by atoms with Crippen LogP contribution in [0, 0.1) is 11.7 Å². The van der Waals surface area contributed by atoms with Crippen LogP contribution in [-0.2, 0) is 0 Å². The molecule has 1 saturated carbocycles. The van der Waals surface area contributed by atoms with E-state index in [-0.39, 0.29) is 5.82 Å². The maximum atomic E-state index is 12.8. The third-order valence-electron chi connectivity index (χ3n) is 3.99. The average Bonchev–Trinajstić information content (AvgIpc) is 2.83. The van der Waals surface area contributed by atoms with Gasteiger partial charge in [-0.2, -0.15) is 0 Å². The van der Waals surface area contributed by atoms with E-state index in [0.29, 0.717) is 12.1 Å². The van der Waals surface area contributed by atoms with E-state index in [9.17, 15) is 4.39 Å². The summed E-state index contributed by atoms with van der Waals surface area (Å²) in [5.41, 5.74) is 1.16. The minimum Gasteiger partial charge on any atom is -0.307 e. The molecule has 0 aliphatic heterocycles. The van der Waals surface area contributed by atoms with Crippen molar-refractivity contribution in [2.75, 3.05) is 0 Å². The van der Waals surface area contributed by atoms with Gasteiger partial charge in [0.2, 0.25) is 0 Å². The van der Waals surface area contributed by atoms with Crippen LogP contribution in [0.25, 0.3) is 0 Å². The number of nitrogens with one attached hydrogen (secondary N) is 1. The van der Waals surface area contributed by atoms with Gasteiger partial charge in [0, 0.05) is 12.1 Å². The van der Waals surface area contributed by atoms with Crippen molar-refractivity contribution in [1.82, 2.24) is 5.32 Å². The molecule has 0 spiro atoms. The van der Waals surface area contributed by atoms with Crippen LogP contribution in [0.5, 0.6) is 0 Å². The van der Waals surface area contributed by atoms with E-state index in [4.69, 9.17) is 0 Å². The summed E-state index contributed by atoms with van der Waals surface area (Å²) in [6.07, 6.45) is 5.46. The van der Waals surface area contributed by atoms with Gasteiger partial charge in [0.15, 0.2) is 0 Å². The van der Waals surface area contributed by atoms with E-state index < -0.39 is 0 Å². The van der Waals surface area contributed by atoms with Crippen LogP contribution in [0.15, 0.2) is 24.3 Å². The third-order valence-corrected chi connectivity index (χ3v) is 3.99. The summed E-state index contributed by atoms with van der Waals surface area (Å²) in [5.74, 6) is 0.655. The van der Waals surface area contributed by atoms with Crippen molar-refractivity contribution in [2.45, 2.75) is 51.6 Å². The van der Waals surface area contributed by atoms with E-state index >= 15 is 0 Å². The fraction of sp³-hybridized carbons (Fsp3) is 0.600. The molecular formula is C15H22FN. The molecule has 17 heavy (non-hydrogen) atoms. The molecule has 0 aromatic heterocycles. The van der Waals surface area contributed by atoms with Gasteiger partial charge in [-0.1, -0.05) is 25.0 Å². The highest BCUT2D eigenvalue weighted by Crippen LogP contribution is 2.28. The van der Waals surface area contributed by atoms with Crippen molar-refractivity contribution in [1.29, 1.82) is 0 Å². The van der Waals surface area contributed by atoms with E-state index in [1.165, 1.54) is 37.8 Å². The van der Waals surface area contributed by atoms with Crippen LogP contribution in [0.3, 0.4) is 0 Å².